The molecule has 0 aromatic heterocycles. The number of carboxylic acids is 1. The normalized spacial score (nSPS) is 11.2. The molecule has 0 amide bonds. The first kappa shape index (κ1) is 18.0. The largest absolute Gasteiger partial charge is 0.480 e. The van der Waals surface area contributed by atoms with Crippen molar-refractivity contribution in [3.8, 4) is 0 Å². The molecule has 0 aromatic carbocycles. The number of halogens is 2. The third-order valence-corrected chi connectivity index (χ3v) is 2.18. The van der Waals surface area contributed by atoms with Gasteiger partial charge < -0.3 is 16.6 Å². The van der Waals surface area contributed by atoms with E-state index in [4.69, 9.17) is 39.8 Å². The van der Waals surface area contributed by atoms with Gasteiger partial charge in [-0.25, -0.2) is 0 Å². The summed E-state index contributed by atoms with van der Waals surface area (Å²) in [7, 11) is 0. The van der Waals surface area contributed by atoms with Crippen molar-refractivity contribution in [2.75, 3.05) is 18.3 Å². The van der Waals surface area contributed by atoms with Crippen LogP contribution in [-0.4, -0.2) is 41.2 Å². The average Bonchev–Trinajstić information content (AvgIpc) is 2.28. The van der Waals surface area contributed by atoms with Gasteiger partial charge in [-0.1, -0.05) is 6.42 Å². The van der Waals surface area contributed by atoms with Gasteiger partial charge in [-0.3, -0.25) is 9.59 Å². The van der Waals surface area contributed by atoms with E-state index in [9.17, 15) is 9.59 Å². The number of aliphatic carboxylic acids is 1. The first-order chi connectivity index (χ1) is 7.49. The van der Waals surface area contributed by atoms with Crippen LogP contribution in [0.5, 0.6) is 0 Å². The summed E-state index contributed by atoms with van der Waals surface area (Å²) in [4.78, 5) is 20.1. The van der Waals surface area contributed by atoms with E-state index in [0.29, 0.717) is 13.0 Å². The molecule has 0 aliphatic carbocycles. The smallest absolute Gasteiger partial charge is 0.320 e. The zero-order chi connectivity index (χ0) is 13.0. The number of unbranched alkanes of at least 4 members (excludes halogenated alkanes) is 1. The lowest BCUT2D eigenvalue weighted by atomic mass is 10.1. The maximum atomic E-state index is 10.1. The fourth-order valence-electron chi connectivity index (χ4n) is 0.668. The van der Waals surface area contributed by atoms with Crippen LogP contribution in [0, 0.1) is 0 Å². The second kappa shape index (κ2) is 12.7. The molecule has 16 heavy (non-hydrogen) atoms. The standard InChI is InChI=1S/C6H14N2O2.C3H4Cl2O/c7-4-2-1-3-5(8)6(9)10;4-1-3(6)2-5/h5H,1-4,7-8H2,(H,9,10);1-2H2. The average molecular weight is 273 g/mol. The van der Waals surface area contributed by atoms with Gasteiger partial charge in [-0.2, -0.15) is 0 Å². The summed E-state index contributed by atoms with van der Waals surface area (Å²) >= 11 is 10.0. The van der Waals surface area contributed by atoms with Gasteiger partial charge in [0.15, 0.2) is 5.78 Å². The number of alkyl halides is 2. The van der Waals surface area contributed by atoms with Gasteiger partial charge in [-0.15, -0.1) is 23.2 Å². The van der Waals surface area contributed by atoms with Crippen molar-refractivity contribution in [3.05, 3.63) is 0 Å². The van der Waals surface area contributed by atoms with Crippen LogP contribution in [0.25, 0.3) is 0 Å². The van der Waals surface area contributed by atoms with Crippen LogP contribution in [0.4, 0.5) is 0 Å². The fourth-order valence-corrected chi connectivity index (χ4v) is 0.953. The van der Waals surface area contributed by atoms with E-state index in [1.54, 1.807) is 0 Å². The van der Waals surface area contributed by atoms with Crippen LogP contribution in [0.2, 0.25) is 0 Å². The highest BCUT2D eigenvalue weighted by Gasteiger charge is 2.09. The molecule has 0 fully saturated rings. The van der Waals surface area contributed by atoms with Crippen molar-refractivity contribution in [2.45, 2.75) is 25.3 Å². The molecule has 0 rings (SSSR count). The van der Waals surface area contributed by atoms with Gasteiger partial charge in [0, 0.05) is 0 Å². The molecule has 0 saturated heterocycles. The minimum absolute atomic E-state index is 0.0312. The van der Waals surface area contributed by atoms with Gasteiger partial charge in [0.25, 0.3) is 0 Å². The molecular weight excluding hydrogens is 255 g/mol. The summed E-state index contributed by atoms with van der Waals surface area (Å²) in [5.41, 5.74) is 10.4. The Labute approximate surface area is 105 Å². The second-order valence-corrected chi connectivity index (χ2v) is 3.57. The van der Waals surface area contributed by atoms with E-state index >= 15 is 0 Å². The molecule has 5 N–H and O–H groups in total. The van der Waals surface area contributed by atoms with Crippen molar-refractivity contribution in [1.82, 2.24) is 0 Å². The number of hydrogen-bond acceptors (Lipinski definition) is 4. The van der Waals surface area contributed by atoms with Gasteiger partial charge in [0.2, 0.25) is 0 Å². The first-order valence-electron chi connectivity index (χ1n) is 4.81. The highest BCUT2D eigenvalue weighted by atomic mass is 35.5. The lowest BCUT2D eigenvalue weighted by Crippen LogP contribution is -2.29. The van der Waals surface area contributed by atoms with Crippen molar-refractivity contribution < 1.29 is 14.7 Å². The third kappa shape index (κ3) is 13.6. The predicted octanol–water partition coefficient (Wildman–Crippen LogP) is 0.560. The van der Waals surface area contributed by atoms with E-state index in [1.807, 2.05) is 0 Å². The van der Waals surface area contributed by atoms with Crippen molar-refractivity contribution in [3.63, 3.8) is 0 Å². The zero-order valence-corrected chi connectivity index (χ0v) is 10.5. The van der Waals surface area contributed by atoms with E-state index in [2.05, 4.69) is 0 Å². The highest BCUT2D eigenvalue weighted by Crippen LogP contribution is 1.96. The second-order valence-electron chi connectivity index (χ2n) is 3.04. The van der Waals surface area contributed by atoms with Crippen LogP contribution >= 0.6 is 23.2 Å². The Morgan fingerprint density at radius 3 is 1.94 bits per heavy atom. The van der Waals surface area contributed by atoms with Gasteiger partial charge in [0.1, 0.15) is 6.04 Å². The van der Waals surface area contributed by atoms with Crippen LogP contribution in [0.3, 0.4) is 0 Å². The lowest BCUT2D eigenvalue weighted by Gasteiger charge is -2.03. The zero-order valence-electron chi connectivity index (χ0n) is 8.99. The number of Topliss-reactive ketones (excluding diaryl/α,β-unsaturated/α-hetero) is 1. The van der Waals surface area contributed by atoms with Gasteiger partial charge in [0.05, 0.1) is 11.8 Å². The number of carboxylic acid groups (broad SMARTS) is 1. The van der Waals surface area contributed by atoms with Gasteiger partial charge in [-0.05, 0) is 19.4 Å². The van der Waals surface area contributed by atoms with Crippen molar-refractivity contribution in [1.29, 1.82) is 0 Å². The summed E-state index contributed by atoms with van der Waals surface area (Å²) in [5.74, 6) is -0.997. The highest BCUT2D eigenvalue weighted by molar-refractivity contribution is 6.35. The Balaban J connectivity index is 0. The Morgan fingerprint density at radius 1 is 1.19 bits per heavy atom. The SMILES string of the molecule is NCCCCC(N)C(=O)O.O=C(CCl)CCl. The number of carbonyl (C=O) groups is 2. The molecule has 0 bridgehead atoms. The number of ketones is 1. The van der Waals surface area contributed by atoms with Crippen molar-refractivity contribution >= 4 is 35.0 Å². The summed E-state index contributed by atoms with van der Waals surface area (Å²) in [6.45, 7) is 0.604. The summed E-state index contributed by atoms with van der Waals surface area (Å²) < 4.78 is 0. The quantitative estimate of drug-likeness (QED) is 0.464. The maximum Gasteiger partial charge on any atom is 0.320 e. The molecule has 0 radical (unpaired) electrons. The Kier molecular flexibility index (Phi) is 14.3. The summed E-state index contributed by atoms with van der Waals surface area (Å²) in [6, 6.07) is -0.716. The molecule has 96 valence electrons. The lowest BCUT2D eigenvalue weighted by molar-refractivity contribution is -0.138. The molecule has 0 saturated carbocycles. The monoisotopic (exact) mass is 272 g/mol. The minimum atomic E-state index is -0.933. The Morgan fingerprint density at radius 2 is 1.69 bits per heavy atom. The Bertz CT molecular complexity index is 197. The van der Waals surface area contributed by atoms with Crippen LogP contribution in [-0.2, 0) is 9.59 Å². The molecule has 1 atom stereocenters. The van der Waals surface area contributed by atoms with E-state index in [0.717, 1.165) is 12.8 Å². The molecule has 0 aliphatic rings. The molecule has 0 aliphatic heterocycles. The van der Waals surface area contributed by atoms with Crippen LogP contribution < -0.4 is 11.5 Å². The predicted molar refractivity (Wildman–Crippen MR) is 65.0 cm³/mol. The Hall–Kier alpha value is -0.360. The fraction of sp³-hybridized carbons (Fsp3) is 0.778. The van der Waals surface area contributed by atoms with E-state index < -0.39 is 12.0 Å². The van der Waals surface area contributed by atoms with E-state index in [-0.39, 0.29) is 17.5 Å². The number of carbonyl (C=O) groups excluding carboxylic acids is 1. The molecule has 5 nitrogen and oxygen atoms in total. The first-order valence-corrected chi connectivity index (χ1v) is 5.88. The maximum absolute atomic E-state index is 10.1. The molecule has 0 aromatic rings. The third-order valence-electron chi connectivity index (χ3n) is 1.58. The van der Waals surface area contributed by atoms with Crippen LogP contribution in [0.1, 0.15) is 19.3 Å². The number of hydrogen-bond donors (Lipinski definition) is 3. The van der Waals surface area contributed by atoms with Crippen molar-refractivity contribution in [2.24, 2.45) is 11.5 Å². The molecular formula is C9H18Cl2N2O3. The minimum Gasteiger partial charge on any atom is -0.480 e. The van der Waals surface area contributed by atoms with E-state index in [1.165, 1.54) is 0 Å². The molecule has 7 heteroatoms. The number of rotatable bonds is 7. The molecule has 1 unspecified atom stereocenters. The van der Waals surface area contributed by atoms with Gasteiger partial charge >= 0.3 is 5.97 Å². The summed E-state index contributed by atoms with van der Waals surface area (Å²) in [6.07, 6.45) is 2.16. The molecule has 0 spiro atoms. The topological polar surface area (TPSA) is 106 Å². The van der Waals surface area contributed by atoms with Crippen LogP contribution in [0.15, 0.2) is 0 Å². The number of nitrogens with two attached hydrogens (primary N) is 2. The summed E-state index contributed by atoms with van der Waals surface area (Å²) in [5, 5.41) is 8.33. The molecule has 0 heterocycles.